The van der Waals surface area contributed by atoms with E-state index in [0.717, 1.165) is 5.56 Å². The van der Waals surface area contributed by atoms with E-state index < -0.39 is 0 Å². The molecule has 0 saturated heterocycles. The number of aromatic hydroxyl groups is 1. The third-order valence-corrected chi connectivity index (χ3v) is 2.79. The van der Waals surface area contributed by atoms with Crippen molar-refractivity contribution in [1.29, 1.82) is 0 Å². The second-order valence-electron chi connectivity index (χ2n) is 4.43. The molecule has 0 aliphatic carbocycles. The maximum Gasteiger partial charge on any atom is 0.124 e. The summed E-state index contributed by atoms with van der Waals surface area (Å²) in [5.74, 6) is 0.454. The molecule has 0 spiro atoms. The molecule has 4 heteroatoms. The fraction of sp³-hybridized carbons (Fsp3) is 0.200. The second kappa shape index (κ2) is 5.71. The van der Waals surface area contributed by atoms with E-state index in [2.05, 4.69) is 0 Å². The highest BCUT2D eigenvalue weighted by atomic mass is 19.1. The minimum atomic E-state index is -0.329. The lowest BCUT2D eigenvalue weighted by Gasteiger charge is -2.14. The average molecular weight is 261 g/mol. The molecule has 0 aliphatic heterocycles. The van der Waals surface area contributed by atoms with Crippen LogP contribution in [0.1, 0.15) is 24.1 Å². The molecule has 0 heterocycles. The number of hydrogen-bond acceptors (Lipinski definition) is 3. The first-order valence-electron chi connectivity index (χ1n) is 6.02. The number of benzene rings is 2. The van der Waals surface area contributed by atoms with Crippen molar-refractivity contribution in [1.82, 2.24) is 0 Å². The molecule has 2 rings (SSSR count). The van der Waals surface area contributed by atoms with Crippen LogP contribution in [0.4, 0.5) is 4.39 Å². The normalized spacial score (nSPS) is 12.2. The first-order valence-corrected chi connectivity index (χ1v) is 6.02. The monoisotopic (exact) mass is 261 g/mol. The van der Waals surface area contributed by atoms with Crippen molar-refractivity contribution in [3.8, 4) is 11.5 Å². The van der Waals surface area contributed by atoms with Gasteiger partial charge in [0.05, 0.1) is 0 Å². The Morgan fingerprint density at radius 2 is 1.89 bits per heavy atom. The summed E-state index contributed by atoms with van der Waals surface area (Å²) in [6.45, 7) is 2.12. The van der Waals surface area contributed by atoms with E-state index in [1.807, 2.05) is 0 Å². The van der Waals surface area contributed by atoms with E-state index in [1.54, 1.807) is 37.3 Å². The summed E-state index contributed by atoms with van der Waals surface area (Å²) in [5, 5.41) is 9.19. The lowest BCUT2D eigenvalue weighted by atomic mass is 10.1. The summed E-state index contributed by atoms with van der Waals surface area (Å²) in [5.41, 5.74) is 7.34. The van der Waals surface area contributed by atoms with Crippen molar-refractivity contribution in [2.75, 3.05) is 0 Å². The highest BCUT2D eigenvalue weighted by Crippen LogP contribution is 2.25. The Balaban J connectivity index is 2.13. The predicted octanol–water partition coefficient (Wildman–Crippen LogP) is 3.13. The van der Waals surface area contributed by atoms with Crippen molar-refractivity contribution in [2.24, 2.45) is 5.73 Å². The molecule has 19 heavy (non-hydrogen) atoms. The van der Waals surface area contributed by atoms with Crippen molar-refractivity contribution >= 4 is 0 Å². The van der Waals surface area contributed by atoms with Crippen molar-refractivity contribution in [2.45, 2.75) is 19.6 Å². The molecule has 0 bridgehead atoms. The molecule has 2 aromatic rings. The average Bonchev–Trinajstić information content (AvgIpc) is 2.39. The largest absolute Gasteiger partial charge is 0.508 e. The number of phenolic OH excluding ortho intramolecular Hbond substituents is 1. The molecule has 3 nitrogen and oxygen atoms in total. The third kappa shape index (κ3) is 3.45. The Morgan fingerprint density at radius 1 is 1.21 bits per heavy atom. The Hall–Kier alpha value is -2.07. The molecule has 0 aromatic heterocycles. The minimum absolute atomic E-state index is 0.210. The van der Waals surface area contributed by atoms with Gasteiger partial charge >= 0.3 is 0 Å². The van der Waals surface area contributed by atoms with Crippen LogP contribution in [0, 0.1) is 5.82 Å². The zero-order valence-corrected chi connectivity index (χ0v) is 10.6. The highest BCUT2D eigenvalue weighted by Gasteiger charge is 2.09. The van der Waals surface area contributed by atoms with E-state index in [-0.39, 0.29) is 17.6 Å². The Bertz CT molecular complexity index is 553. The molecule has 0 unspecified atom stereocenters. The number of hydrogen-bond donors (Lipinski definition) is 2. The van der Waals surface area contributed by atoms with Gasteiger partial charge in [0, 0.05) is 11.6 Å². The van der Waals surface area contributed by atoms with Crippen molar-refractivity contribution < 1.29 is 14.2 Å². The van der Waals surface area contributed by atoms with Crippen molar-refractivity contribution in [3.63, 3.8) is 0 Å². The molecule has 0 radical (unpaired) electrons. The molecule has 0 saturated carbocycles. The summed E-state index contributed by atoms with van der Waals surface area (Å²) in [6.07, 6.45) is 0. The van der Waals surface area contributed by atoms with Crippen molar-refractivity contribution in [3.05, 3.63) is 59.4 Å². The minimum Gasteiger partial charge on any atom is -0.508 e. The van der Waals surface area contributed by atoms with Gasteiger partial charge in [-0.2, -0.15) is 0 Å². The van der Waals surface area contributed by atoms with Crippen LogP contribution >= 0.6 is 0 Å². The highest BCUT2D eigenvalue weighted by molar-refractivity contribution is 5.36. The van der Waals surface area contributed by atoms with E-state index >= 15 is 0 Å². The number of phenols is 1. The fourth-order valence-electron chi connectivity index (χ4n) is 1.76. The molecular weight excluding hydrogens is 245 g/mol. The number of nitrogens with two attached hydrogens (primary N) is 1. The quantitative estimate of drug-likeness (QED) is 0.889. The Kier molecular flexibility index (Phi) is 4.02. The van der Waals surface area contributed by atoms with Crippen LogP contribution in [-0.2, 0) is 6.61 Å². The van der Waals surface area contributed by atoms with Gasteiger partial charge in [0.25, 0.3) is 0 Å². The SMILES string of the molecule is C[C@@H](N)c1cc(F)ccc1OCc1ccc(O)cc1. The number of halogens is 1. The second-order valence-corrected chi connectivity index (χ2v) is 4.43. The van der Waals surface area contributed by atoms with Gasteiger partial charge in [0.15, 0.2) is 0 Å². The van der Waals surface area contributed by atoms with Crippen LogP contribution in [0.3, 0.4) is 0 Å². The van der Waals surface area contributed by atoms with Crippen LogP contribution in [0.2, 0.25) is 0 Å². The van der Waals surface area contributed by atoms with Gasteiger partial charge in [-0.05, 0) is 42.8 Å². The van der Waals surface area contributed by atoms with Gasteiger partial charge < -0.3 is 15.6 Å². The van der Waals surface area contributed by atoms with Crippen LogP contribution in [0.5, 0.6) is 11.5 Å². The van der Waals surface area contributed by atoms with Crippen LogP contribution in [0.25, 0.3) is 0 Å². The summed E-state index contributed by atoms with van der Waals surface area (Å²) in [7, 11) is 0. The summed E-state index contributed by atoms with van der Waals surface area (Å²) in [6, 6.07) is 10.7. The van der Waals surface area contributed by atoms with Gasteiger partial charge in [-0.25, -0.2) is 4.39 Å². The number of rotatable bonds is 4. The van der Waals surface area contributed by atoms with E-state index in [4.69, 9.17) is 10.5 Å². The lowest BCUT2D eigenvalue weighted by Crippen LogP contribution is -2.08. The summed E-state index contributed by atoms with van der Waals surface area (Å²) >= 11 is 0. The van der Waals surface area contributed by atoms with Crippen LogP contribution in [-0.4, -0.2) is 5.11 Å². The zero-order valence-electron chi connectivity index (χ0n) is 10.6. The molecule has 0 aliphatic rings. The molecule has 2 aromatic carbocycles. The van der Waals surface area contributed by atoms with Crippen LogP contribution in [0.15, 0.2) is 42.5 Å². The predicted molar refractivity (Wildman–Crippen MR) is 71.4 cm³/mol. The van der Waals surface area contributed by atoms with E-state index in [9.17, 15) is 9.50 Å². The van der Waals surface area contributed by atoms with Gasteiger partial charge in [0.2, 0.25) is 0 Å². The van der Waals surface area contributed by atoms with Gasteiger partial charge in [0.1, 0.15) is 23.9 Å². The van der Waals surface area contributed by atoms with E-state index in [1.165, 1.54) is 12.1 Å². The standard InChI is InChI=1S/C15H16FNO2/c1-10(17)14-8-12(16)4-7-15(14)19-9-11-2-5-13(18)6-3-11/h2-8,10,18H,9,17H2,1H3/t10-/m1/s1. The molecular formula is C15H16FNO2. The third-order valence-electron chi connectivity index (χ3n) is 2.79. The summed E-state index contributed by atoms with van der Waals surface area (Å²) < 4.78 is 18.8. The lowest BCUT2D eigenvalue weighted by molar-refractivity contribution is 0.300. The Morgan fingerprint density at radius 3 is 2.53 bits per heavy atom. The molecule has 100 valence electrons. The fourth-order valence-corrected chi connectivity index (χ4v) is 1.76. The summed E-state index contributed by atoms with van der Waals surface area (Å²) in [4.78, 5) is 0. The molecule has 0 amide bonds. The molecule has 3 N–H and O–H groups in total. The van der Waals surface area contributed by atoms with Gasteiger partial charge in [-0.1, -0.05) is 12.1 Å². The zero-order chi connectivity index (χ0) is 13.8. The maximum atomic E-state index is 13.2. The van der Waals surface area contributed by atoms with Crippen LogP contribution < -0.4 is 10.5 Å². The maximum absolute atomic E-state index is 13.2. The van der Waals surface area contributed by atoms with Gasteiger partial charge in [-0.15, -0.1) is 0 Å². The Labute approximate surface area is 111 Å². The molecule has 0 fully saturated rings. The smallest absolute Gasteiger partial charge is 0.124 e. The topological polar surface area (TPSA) is 55.5 Å². The first-order chi connectivity index (χ1) is 9.06. The first kappa shape index (κ1) is 13.4. The molecule has 1 atom stereocenters. The number of ether oxygens (including phenoxy) is 1. The van der Waals surface area contributed by atoms with Gasteiger partial charge in [-0.3, -0.25) is 0 Å². The van der Waals surface area contributed by atoms with E-state index in [0.29, 0.717) is 17.9 Å².